The number of amides is 1. The molecule has 2 aliphatic rings. The number of carbonyl (C=O) groups excluding carboxylic acids is 1. The highest BCUT2D eigenvalue weighted by molar-refractivity contribution is 5.97. The quantitative estimate of drug-likeness (QED) is 0.791. The van der Waals surface area contributed by atoms with Gasteiger partial charge in [0.1, 0.15) is 0 Å². The molecule has 1 aromatic rings. The third-order valence-electron chi connectivity index (χ3n) is 4.10. The molecule has 17 heavy (non-hydrogen) atoms. The van der Waals surface area contributed by atoms with Crippen LogP contribution in [0.15, 0.2) is 24.3 Å². The highest BCUT2D eigenvalue weighted by atomic mass is 16.2. The molecule has 2 aliphatic heterocycles. The molecule has 1 fully saturated rings. The van der Waals surface area contributed by atoms with Gasteiger partial charge in [-0.2, -0.15) is 0 Å². The topological polar surface area (TPSA) is 32.3 Å². The van der Waals surface area contributed by atoms with E-state index in [1.165, 1.54) is 5.56 Å². The molecule has 2 heterocycles. The van der Waals surface area contributed by atoms with Crippen LogP contribution in [0.3, 0.4) is 0 Å². The Labute approximate surface area is 102 Å². The summed E-state index contributed by atoms with van der Waals surface area (Å²) in [6.07, 6.45) is 2.04. The second-order valence-corrected chi connectivity index (χ2v) is 5.29. The van der Waals surface area contributed by atoms with Gasteiger partial charge in [-0.15, -0.1) is 0 Å². The Kier molecular flexibility index (Phi) is 2.44. The minimum Gasteiger partial charge on any atom is -0.332 e. The number of nitrogens with one attached hydrogen (secondary N) is 1. The van der Waals surface area contributed by atoms with Crippen LogP contribution >= 0.6 is 0 Å². The van der Waals surface area contributed by atoms with E-state index in [4.69, 9.17) is 0 Å². The summed E-state index contributed by atoms with van der Waals surface area (Å²) >= 11 is 0. The van der Waals surface area contributed by atoms with E-state index < -0.39 is 0 Å². The van der Waals surface area contributed by atoms with Crippen molar-refractivity contribution >= 4 is 5.91 Å². The summed E-state index contributed by atoms with van der Waals surface area (Å²) in [5.41, 5.74) is 2.10. The smallest absolute Gasteiger partial charge is 0.254 e. The number of benzene rings is 1. The minimum atomic E-state index is 0.00458. The number of hydrogen-bond acceptors (Lipinski definition) is 2. The van der Waals surface area contributed by atoms with Crippen molar-refractivity contribution in [3.8, 4) is 0 Å². The molecule has 90 valence electrons. The number of nitrogens with zero attached hydrogens (tertiary/aromatic N) is 1. The van der Waals surface area contributed by atoms with Crippen LogP contribution in [-0.4, -0.2) is 36.0 Å². The van der Waals surface area contributed by atoms with Crippen molar-refractivity contribution < 1.29 is 4.79 Å². The van der Waals surface area contributed by atoms with Crippen molar-refractivity contribution in [3.63, 3.8) is 0 Å². The standard InChI is InChI=1S/C14H18N2O/c1-14(7-8-15-10-14)16-9-6-11-4-2-3-5-12(11)13(16)17/h2-5,15H,6-10H2,1H3. The van der Waals surface area contributed by atoms with E-state index in [-0.39, 0.29) is 11.4 Å². The minimum absolute atomic E-state index is 0.00458. The average Bonchev–Trinajstić information content (AvgIpc) is 2.78. The Hall–Kier alpha value is -1.35. The Bertz CT molecular complexity index is 449. The summed E-state index contributed by atoms with van der Waals surface area (Å²) in [5.74, 6) is 0.207. The fourth-order valence-corrected chi connectivity index (χ4v) is 2.98. The summed E-state index contributed by atoms with van der Waals surface area (Å²) in [4.78, 5) is 14.6. The molecule has 0 bridgehead atoms. The number of rotatable bonds is 1. The molecular formula is C14H18N2O. The van der Waals surface area contributed by atoms with E-state index in [0.29, 0.717) is 0 Å². The molecule has 3 rings (SSSR count). The fourth-order valence-electron chi connectivity index (χ4n) is 2.98. The monoisotopic (exact) mass is 230 g/mol. The van der Waals surface area contributed by atoms with E-state index in [9.17, 15) is 4.79 Å². The summed E-state index contributed by atoms with van der Waals surface area (Å²) in [7, 11) is 0. The second-order valence-electron chi connectivity index (χ2n) is 5.29. The molecule has 1 aromatic carbocycles. The van der Waals surface area contributed by atoms with E-state index in [1.807, 2.05) is 18.2 Å². The molecular weight excluding hydrogens is 212 g/mol. The zero-order valence-electron chi connectivity index (χ0n) is 10.2. The van der Waals surface area contributed by atoms with E-state index >= 15 is 0 Å². The summed E-state index contributed by atoms with van der Waals surface area (Å²) in [6.45, 7) is 4.98. The first-order valence-electron chi connectivity index (χ1n) is 6.31. The molecule has 0 spiro atoms. The van der Waals surface area contributed by atoms with Crippen LogP contribution in [0.2, 0.25) is 0 Å². The lowest BCUT2D eigenvalue weighted by molar-refractivity contribution is 0.0528. The molecule has 3 heteroatoms. The largest absolute Gasteiger partial charge is 0.332 e. The third kappa shape index (κ3) is 1.65. The lowest BCUT2D eigenvalue weighted by Gasteiger charge is -2.41. The maximum Gasteiger partial charge on any atom is 0.254 e. The van der Waals surface area contributed by atoms with Gasteiger partial charge in [0, 0.05) is 18.7 Å². The van der Waals surface area contributed by atoms with Crippen LogP contribution in [0.5, 0.6) is 0 Å². The number of fused-ring (bicyclic) bond motifs is 1. The first-order chi connectivity index (χ1) is 8.21. The first-order valence-corrected chi connectivity index (χ1v) is 6.31. The Morgan fingerprint density at radius 3 is 2.94 bits per heavy atom. The summed E-state index contributed by atoms with van der Waals surface area (Å²) in [6, 6.07) is 7.99. The Balaban J connectivity index is 1.94. The van der Waals surface area contributed by atoms with Gasteiger partial charge in [0.15, 0.2) is 0 Å². The van der Waals surface area contributed by atoms with Crippen molar-refractivity contribution in [1.29, 1.82) is 0 Å². The van der Waals surface area contributed by atoms with Crippen molar-refractivity contribution in [1.82, 2.24) is 10.2 Å². The summed E-state index contributed by atoms with van der Waals surface area (Å²) in [5, 5.41) is 3.36. The molecule has 0 radical (unpaired) electrons. The van der Waals surface area contributed by atoms with E-state index in [2.05, 4.69) is 23.2 Å². The molecule has 0 aliphatic carbocycles. The van der Waals surface area contributed by atoms with Gasteiger partial charge >= 0.3 is 0 Å². The highest BCUT2D eigenvalue weighted by Gasteiger charge is 2.40. The van der Waals surface area contributed by atoms with Crippen LogP contribution < -0.4 is 5.32 Å². The van der Waals surface area contributed by atoms with Crippen molar-refractivity contribution in [2.45, 2.75) is 25.3 Å². The average molecular weight is 230 g/mol. The van der Waals surface area contributed by atoms with Gasteiger partial charge in [-0.1, -0.05) is 18.2 Å². The molecule has 0 saturated carbocycles. The molecule has 1 amide bonds. The molecule has 1 atom stereocenters. The molecule has 1 unspecified atom stereocenters. The van der Waals surface area contributed by atoms with Gasteiger partial charge < -0.3 is 10.2 Å². The maximum absolute atomic E-state index is 12.5. The van der Waals surface area contributed by atoms with E-state index in [1.54, 1.807) is 0 Å². The second kappa shape index (κ2) is 3.84. The van der Waals surface area contributed by atoms with Crippen molar-refractivity contribution in [3.05, 3.63) is 35.4 Å². The highest BCUT2D eigenvalue weighted by Crippen LogP contribution is 2.29. The lowest BCUT2D eigenvalue weighted by atomic mass is 9.92. The zero-order valence-corrected chi connectivity index (χ0v) is 10.2. The number of carbonyl (C=O) groups is 1. The van der Waals surface area contributed by atoms with Crippen molar-refractivity contribution in [2.75, 3.05) is 19.6 Å². The van der Waals surface area contributed by atoms with Crippen LogP contribution in [0, 0.1) is 0 Å². The van der Waals surface area contributed by atoms with Crippen LogP contribution in [0.4, 0.5) is 0 Å². The van der Waals surface area contributed by atoms with Gasteiger partial charge in [-0.05, 0) is 37.9 Å². The molecule has 0 aromatic heterocycles. The third-order valence-corrected chi connectivity index (χ3v) is 4.10. The van der Waals surface area contributed by atoms with Gasteiger partial charge in [0.05, 0.1) is 5.54 Å². The zero-order chi connectivity index (χ0) is 11.9. The maximum atomic E-state index is 12.5. The molecule has 1 N–H and O–H groups in total. The Morgan fingerprint density at radius 1 is 1.35 bits per heavy atom. The van der Waals surface area contributed by atoms with Crippen molar-refractivity contribution in [2.24, 2.45) is 0 Å². The fraction of sp³-hybridized carbons (Fsp3) is 0.500. The predicted octanol–water partition coefficient (Wildman–Crippen LogP) is 1.44. The van der Waals surface area contributed by atoms with Gasteiger partial charge in [-0.25, -0.2) is 0 Å². The van der Waals surface area contributed by atoms with Crippen LogP contribution in [0.1, 0.15) is 29.3 Å². The van der Waals surface area contributed by atoms with Gasteiger partial charge in [0.2, 0.25) is 0 Å². The normalized spacial score (nSPS) is 28.3. The summed E-state index contributed by atoms with van der Waals surface area (Å²) < 4.78 is 0. The van der Waals surface area contributed by atoms with Crippen LogP contribution in [0.25, 0.3) is 0 Å². The SMILES string of the molecule is CC1(N2CCc3ccccc3C2=O)CCNC1. The number of hydrogen-bond donors (Lipinski definition) is 1. The molecule has 3 nitrogen and oxygen atoms in total. The molecule has 1 saturated heterocycles. The Morgan fingerprint density at radius 2 is 2.18 bits per heavy atom. The van der Waals surface area contributed by atoms with E-state index in [0.717, 1.165) is 38.0 Å². The van der Waals surface area contributed by atoms with Crippen LogP contribution in [-0.2, 0) is 6.42 Å². The lowest BCUT2D eigenvalue weighted by Crippen LogP contribution is -2.53. The predicted molar refractivity (Wildman–Crippen MR) is 67.1 cm³/mol. The first kappa shape index (κ1) is 10.8. The van der Waals surface area contributed by atoms with Gasteiger partial charge in [-0.3, -0.25) is 4.79 Å². The van der Waals surface area contributed by atoms with Gasteiger partial charge in [0.25, 0.3) is 5.91 Å².